The zero-order valence-corrected chi connectivity index (χ0v) is 8.25. The minimum Gasteiger partial charge on any atom is -0.359 e. The van der Waals surface area contributed by atoms with Crippen LogP contribution in [-0.4, -0.2) is 43.5 Å². The van der Waals surface area contributed by atoms with Gasteiger partial charge in [-0.05, 0) is 25.9 Å². The number of hydrogen-bond acceptors (Lipinski definition) is 3. The van der Waals surface area contributed by atoms with Crippen LogP contribution in [0.15, 0.2) is 0 Å². The summed E-state index contributed by atoms with van der Waals surface area (Å²) in [5, 5.41) is 2.62. The van der Waals surface area contributed by atoms with Crippen LogP contribution in [0.2, 0.25) is 0 Å². The minimum atomic E-state index is 0.120. The van der Waals surface area contributed by atoms with Crippen molar-refractivity contribution >= 4 is 5.91 Å². The second-order valence-corrected chi connectivity index (χ2v) is 3.60. The van der Waals surface area contributed by atoms with E-state index in [0.717, 1.165) is 32.5 Å². The Morgan fingerprint density at radius 3 is 2.69 bits per heavy atom. The van der Waals surface area contributed by atoms with E-state index >= 15 is 0 Å². The molecule has 0 bridgehead atoms. The van der Waals surface area contributed by atoms with Gasteiger partial charge < -0.3 is 16.0 Å². The first-order valence-electron chi connectivity index (χ1n) is 4.91. The van der Waals surface area contributed by atoms with Crippen LogP contribution < -0.4 is 11.1 Å². The average Bonchev–Trinajstić information content (AvgIpc) is 2.16. The van der Waals surface area contributed by atoms with Crippen LogP contribution in [0, 0.1) is 0 Å². The average molecular weight is 185 g/mol. The van der Waals surface area contributed by atoms with Crippen LogP contribution in [0.3, 0.4) is 0 Å². The first-order valence-corrected chi connectivity index (χ1v) is 4.91. The smallest absolute Gasteiger partial charge is 0.221 e. The maximum absolute atomic E-state index is 11.0. The van der Waals surface area contributed by atoms with Crippen LogP contribution in [0.4, 0.5) is 0 Å². The minimum absolute atomic E-state index is 0.120. The van der Waals surface area contributed by atoms with Gasteiger partial charge in [0.15, 0.2) is 0 Å². The number of nitrogens with one attached hydrogen (secondary N) is 1. The normalized spacial score (nSPS) is 20.2. The molecule has 0 saturated carbocycles. The van der Waals surface area contributed by atoms with Gasteiger partial charge in [-0.25, -0.2) is 0 Å². The molecule has 3 N–H and O–H groups in total. The summed E-state index contributed by atoms with van der Waals surface area (Å²) in [4.78, 5) is 13.3. The Morgan fingerprint density at radius 2 is 2.15 bits per heavy atom. The molecule has 1 aliphatic heterocycles. The summed E-state index contributed by atoms with van der Waals surface area (Å²) in [5.41, 5.74) is 5.77. The SMILES string of the molecule is CNC(=O)CCN1CCC(N)CC1. The molecule has 1 fully saturated rings. The predicted molar refractivity (Wildman–Crippen MR) is 52.3 cm³/mol. The molecule has 0 unspecified atom stereocenters. The van der Waals surface area contributed by atoms with E-state index in [1.54, 1.807) is 7.05 Å². The Labute approximate surface area is 79.5 Å². The summed E-state index contributed by atoms with van der Waals surface area (Å²) < 4.78 is 0. The van der Waals surface area contributed by atoms with Gasteiger partial charge in [0, 0.05) is 26.1 Å². The quantitative estimate of drug-likeness (QED) is 0.626. The molecule has 1 amide bonds. The second kappa shape index (κ2) is 5.19. The molecule has 0 aromatic carbocycles. The molecule has 13 heavy (non-hydrogen) atoms. The van der Waals surface area contributed by atoms with Gasteiger partial charge in [0.25, 0.3) is 0 Å². The molecule has 0 aromatic rings. The number of hydrogen-bond donors (Lipinski definition) is 2. The number of nitrogens with zero attached hydrogens (tertiary/aromatic N) is 1. The molecule has 0 aliphatic carbocycles. The fourth-order valence-electron chi connectivity index (χ4n) is 1.56. The molecule has 4 nitrogen and oxygen atoms in total. The maximum Gasteiger partial charge on any atom is 0.221 e. The van der Waals surface area contributed by atoms with Crippen LogP contribution >= 0.6 is 0 Å². The van der Waals surface area contributed by atoms with Crippen molar-refractivity contribution in [1.82, 2.24) is 10.2 Å². The molecular formula is C9H19N3O. The van der Waals surface area contributed by atoms with E-state index in [2.05, 4.69) is 10.2 Å². The number of rotatable bonds is 3. The summed E-state index contributed by atoms with van der Waals surface area (Å²) in [7, 11) is 1.68. The molecule has 1 aliphatic rings. The van der Waals surface area contributed by atoms with Crippen molar-refractivity contribution in [2.45, 2.75) is 25.3 Å². The van der Waals surface area contributed by atoms with E-state index in [9.17, 15) is 4.79 Å². The third-order valence-corrected chi connectivity index (χ3v) is 2.57. The first-order chi connectivity index (χ1) is 6.22. The molecule has 1 heterocycles. The summed E-state index contributed by atoms with van der Waals surface area (Å²) in [6.07, 6.45) is 2.73. The van der Waals surface area contributed by atoms with Crippen molar-refractivity contribution in [3.05, 3.63) is 0 Å². The zero-order valence-electron chi connectivity index (χ0n) is 8.25. The van der Waals surface area contributed by atoms with Crippen LogP contribution in [0.25, 0.3) is 0 Å². The van der Waals surface area contributed by atoms with Crippen molar-refractivity contribution < 1.29 is 4.79 Å². The van der Waals surface area contributed by atoms with Gasteiger partial charge in [-0.3, -0.25) is 4.79 Å². The molecule has 1 rings (SSSR count). The number of likely N-dealkylation sites (tertiary alicyclic amines) is 1. The lowest BCUT2D eigenvalue weighted by Gasteiger charge is -2.29. The summed E-state index contributed by atoms with van der Waals surface area (Å²) in [6, 6.07) is 0.372. The van der Waals surface area contributed by atoms with E-state index in [-0.39, 0.29) is 5.91 Å². The molecule has 4 heteroatoms. The van der Waals surface area contributed by atoms with E-state index in [1.165, 1.54) is 0 Å². The van der Waals surface area contributed by atoms with Crippen molar-refractivity contribution in [3.8, 4) is 0 Å². The highest BCUT2D eigenvalue weighted by molar-refractivity contribution is 5.75. The number of carbonyl (C=O) groups excluding carboxylic acids is 1. The molecule has 0 radical (unpaired) electrons. The highest BCUT2D eigenvalue weighted by Gasteiger charge is 2.15. The summed E-state index contributed by atoms with van der Waals surface area (Å²) >= 11 is 0. The molecular weight excluding hydrogens is 166 g/mol. The van der Waals surface area contributed by atoms with E-state index in [0.29, 0.717) is 12.5 Å². The highest BCUT2D eigenvalue weighted by Crippen LogP contribution is 2.07. The van der Waals surface area contributed by atoms with Crippen LogP contribution in [0.1, 0.15) is 19.3 Å². The van der Waals surface area contributed by atoms with Crippen molar-refractivity contribution in [1.29, 1.82) is 0 Å². The molecule has 1 saturated heterocycles. The molecule has 0 atom stereocenters. The summed E-state index contributed by atoms with van der Waals surface area (Å²) in [6.45, 7) is 2.95. The van der Waals surface area contributed by atoms with Crippen molar-refractivity contribution in [2.24, 2.45) is 5.73 Å². The Morgan fingerprint density at radius 1 is 1.54 bits per heavy atom. The lowest BCUT2D eigenvalue weighted by Crippen LogP contribution is -2.41. The van der Waals surface area contributed by atoms with Crippen molar-refractivity contribution in [2.75, 3.05) is 26.7 Å². The molecule has 76 valence electrons. The van der Waals surface area contributed by atoms with Crippen LogP contribution in [-0.2, 0) is 4.79 Å². The van der Waals surface area contributed by atoms with E-state index < -0.39 is 0 Å². The van der Waals surface area contributed by atoms with Gasteiger partial charge in [-0.1, -0.05) is 0 Å². The van der Waals surface area contributed by atoms with Gasteiger partial charge in [0.1, 0.15) is 0 Å². The van der Waals surface area contributed by atoms with Gasteiger partial charge in [-0.2, -0.15) is 0 Å². The second-order valence-electron chi connectivity index (χ2n) is 3.60. The number of nitrogens with two attached hydrogens (primary N) is 1. The largest absolute Gasteiger partial charge is 0.359 e. The molecule has 0 spiro atoms. The topological polar surface area (TPSA) is 58.4 Å². The predicted octanol–water partition coefficient (Wildman–Crippen LogP) is -0.454. The lowest BCUT2D eigenvalue weighted by molar-refractivity contribution is -0.121. The lowest BCUT2D eigenvalue weighted by atomic mass is 10.1. The third kappa shape index (κ3) is 3.74. The van der Waals surface area contributed by atoms with Crippen LogP contribution in [0.5, 0.6) is 0 Å². The Balaban J connectivity index is 2.12. The summed E-state index contributed by atoms with van der Waals surface area (Å²) in [5.74, 6) is 0.120. The fraction of sp³-hybridized carbons (Fsp3) is 0.889. The van der Waals surface area contributed by atoms with E-state index in [4.69, 9.17) is 5.73 Å². The Kier molecular flexibility index (Phi) is 4.18. The number of carbonyl (C=O) groups is 1. The Bertz CT molecular complexity index is 164. The zero-order chi connectivity index (χ0) is 9.68. The highest BCUT2D eigenvalue weighted by atomic mass is 16.1. The monoisotopic (exact) mass is 185 g/mol. The standard InChI is InChI=1S/C9H19N3O/c1-11-9(13)4-7-12-5-2-8(10)3-6-12/h8H,2-7,10H2,1H3,(H,11,13). The van der Waals surface area contributed by atoms with Crippen molar-refractivity contribution in [3.63, 3.8) is 0 Å². The fourth-order valence-corrected chi connectivity index (χ4v) is 1.56. The van der Waals surface area contributed by atoms with Gasteiger partial charge in [0.05, 0.1) is 0 Å². The van der Waals surface area contributed by atoms with Gasteiger partial charge in [-0.15, -0.1) is 0 Å². The maximum atomic E-state index is 11.0. The van der Waals surface area contributed by atoms with Gasteiger partial charge >= 0.3 is 0 Å². The molecule has 0 aromatic heterocycles. The number of piperidine rings is 1. The van der Waals surface area contributed by atoms with Gasteiger partial charge in [0.2, 0.25) is 5.91 Å². The number of amides is 1. The van der Waals surface area contributed by atoms with E-state index in [1.807, 2.05) is 0 Å². The first kappa shape index (κ1) is 10.5. The Hall–Kier alpha value is -0.610. The third-order valence-electron chi connectivity index (χ3n) is 2.57.